The van der Waals surface area contributed by atoms with Crippen molar-refractivity contribution in [3.05, 3.63) is 60.1 Å². The van der Waals surface area contributed by atoms with Gasteiger partial charge in [-0.2, -0.15) is 5.26 Å². The number of pyridine rings is 1. The number of hydrogen-bond donors (Lipinski definition) is 0. The van der Waals surface area contributed by atoms with Crippen LogP contribution in [0.25, 0.3) is 5.82 Å². The fourth-order valence-corrected chi connectivity index (χ4v) is 2.14. The fraction of sp³-hybridized carbons (Fsp3) is 0.176. The molecule has 2 heterocycles. The van der Waals surface area contributed by atoms with Crippen molar-refractivity contribution in [1.82, 2.24) is 19.7 Å². The zero-order valence-electron chi connectivity index (χ0n) is 13.4. The zero-order chi connectivity index (χ0) is 17.6. The number of aryl methyl sites for hydroxylation is 1. The molecule has 0 aliphatic heterocycles. The van der Waals surface area contributed by atoms with Gasteiger partial charge < -0.3 is 9.47 Å². The summed E-state index contributed by atoms with van der Waals surface area (Å²) < 4.78 is 26.4. The van der Waals surface area contributed by atoms with Crippen LogP contribution in [0.5, 0.6) is 11.5 Å². The third-order valence-electron chi connectivity index (χ3n) is 3.35. The maximum atomic E-state index is 13.7. The standard InChI is InChI=1S/C17H14FN5O2/c1-12-22-21-11-23(12)17-9-14(4-5-20-17)24-6-7-25-16-3-2-13(10-19)8-15(16)18/h2-5,8-9,11H,6-7H2,1H3. The van der Waals surface area contributed by atoms with Gasteiger partial charge in [-0.05, 0) is 31.2 Å². The Kier molecular flexibility index (Phi) is 4.85. The molecule has 0 N–H and O–H groups in total. The third kappa shape index (κ3) is 3.90. The van der Waals surface area contributed by atoms with Gasteiger partial charge in [0.05, 0.1) is 11.6 Å². The number of benzene rings is 1. The molecule has 3 aromatic rings. The lowest BCUT2D eigenvalue weighted by molar-refractivity contribution is 0.211. The van der Waals surface area contributed by atoms with Gasteiger partial charge in [0.1, 0.15) is 36.9 Å². The number of aromatic nitrogens is 4. The molecule has 0 saturated heterocycles. The van der Waals surface area contributed by atoms with E-state index in [9.17, 15) is 4.39 Å². The lowest BCUT2D eigenvalue weighted by Crippen LogP contribution is -2.10. The highest BCUT2D eigenvalue weighted by Crippen LogP contribution is 2.18. The second-order valence-electron chi connectivity index (χ2n) is 5.05. The quantitative estimate of drug-likeness (QED) is 0.641. The van der Waals surface area contributed by atoms with Crippen LogP contribution in [0.3, 0.4) is 0 Å². The lowest BCUT2D eigenvalue weighted by atomic mass is 10.2. The van der Waals surface area contributed by atoms with Crippen LogP contribution in [-0.4, -0.2) is 33.0 Å². The number of halogens is 1. The summed E-state index contributed by atoms with van der Waals surface area (Å²) in [7, 11) is 0. The van der Waals surface area contributed by atoms with Crippen molar-refractivity contribution >= 4 is 0 Å². The second-order valence-corrected chi connectivity index (χ2v) is 5.05. The van der Waals surface area contributed by atoms with Gasteiger partial charge in [0.2, 0.25) is 0 Å². The highest BCUT2D eigenvalue weighted by atomic mass is 19.1. The smallest absolute Gasteiger partial charge is 0.166 e. The van der Waals surface area contributed by atoms with Crippen molar-refractivity contribution in [1.29, 1.82) is 5.26 Å². The number of rotatable bonds is 6. The van der Waals surface area contributed by atoms with Crippen LogP contribution < -0.4 is 9.47 Å². The van der Waals surface area contributed by atoms with Gasteiger partial charge in [0.15, 0.2) is 11.6 Å². The molecule has 0 radical (unpaired) electrons. The minimum Gasteiger partial charge on any atom is -0.490 e. The summed E-state index contributed by atoms with van der Waals surface area (Å²) in [6.07, 6.45) is 3.18. The summed E-state index contributed by atoms with van der Waals surface area (Å²) in [5, 5.41) is 16.4. The summed E-state index contributed by atoms with van der Waals surface area (Å²) in [5.74, 6) is 1.46. The molecule has 0 saturated carbocycles. The second kappa shape index (κ2) is 7.40. The monoisotopic (exact) mass is 339 g/mol. The van der Waals surface area contributed by atoms with Crippen molar-refractivity contribution in [3.8, 4) is 23.4 Å². The molecule has 0 spiro atoms. The molecule has 2 aromatic heterocycles. The first-order chi connectivity index (χ1) is 12.2. The van der Waals surface area contributed by atoms with E-state index in [4.69, 9.17) is 14.7 Å². The Labute approximate surface area is 143 Å². The van der Waals surface area contributed by atoms with Gasteiger partial charge in [-0.25, -0.2) is 9.37 Å². The molecule has 1 aromatic carbocycles. The van der Waals surface area contributed by atoms with E-state index in [1.54, 1.807) is 29.2 Å². The molecule has 8 heteroatoms. The highest BCUT2D eigenvalue weighted by Gasteiger charge is 2.06. The maximum absolute atomic E-state index is 13.7. The number of hydrogen-bond acceptors (Lipinski definition) is 6. The normalized spacial score (nSPS) is 10.3. The number of nitrogens with zero attached hydrogens (tertiary/aromatic N) is 5. The van der Waals surface area contributed by atoms with Crippen molar-refractivity contribution < 1.29 is 13.9 Å². The van der Waals surface area contributed by atoms with Crippen molar-refractivity contribution in [2.24, 2.45) is 0 Å². The Morgan fingerprint density at radius 3 is 2.76 bits per heavy atom. The lowest BCUT2D eigenvalue weighted by Gasteiger charge is -2.10. The van der Waals surface area contributed by atoms with E-state index < -0.39 is 5.82 Å². The van der Waals surface area contributed by atoms with Gasteiger partial charge >= 0.3 is 0 Å². The van der Waals surface area contributed by atoms with Gasteiger partial charge in [0, 0.05) is 12.3 Å². The summed E-state index contributed by atoms with van der Waals surface area (Å²) >= 11 is 0. The number of ether oxygens (including phenoxy) is 2. The predicted octanol–water partition coefficient (Wildman–Crippen LogP) is 2.44. The predicted molar refractivity (Wildman–Crippen MR) is 86.0 cm³/mol. The Balaban J connectivity index is 1.56. The van der Waals surface area contributed by atoms with Crippen LogP contribution >= 0.6 is 0 Å². The van der Waals surface area contributed by atoms with Gasteiger partial charge in [-0.1, -0.05) is 0 Å². The largest absolute Gasteiger partial charge is 0.490 e. The highest BCUT2D eigenvalue weighted by molar-refractivity contribution is 5.36. The first kappa shape index (κ1) is 16.4. The summed E-state index contributed by atoms with van der Waals surface area (Å²) in [6.45, 7) is 2.21. The minimum atomic E-state index is -0.576. The Morgan fingerprint density at radius 2 is 2.04 bits per heavy atom. The molecular weight excluding hydrogens is 325 g/mol. The van der Waals surface area contributed by atoms with Crippen molar-refractivity contribution in [3.63, 3.8) is 0 Å². The molecule has 126 valence electrons. The van der Waals surface area contributed by atoms with E-state index in [1.165, 1.54) is 12.1 Å². The first-order valence-corrected chi connectivity index (χ1v) is 7.45. The van der Waals surface area contributed by atoms with E-state index in [0.29, 0.717) is 17.4 Å². The Hall–Kier alpha value is -3.47. The summed E-state index contributed by atoms with van der Waals surface area (Å²) in [6, 6.07) is 9.38. The van der Waals surface area contributed by atoms with E-state index in [-0.39, 0.29) is 24.5 Å². The van der Waals surface area contributed by atoms with Crippen molar-refractivity contribution in [2.75, 3.05) is 13.2 Å². The zero-order valence-corrected chi connectivity index (χ0v) is 13.4. The fourth-order valence-electron chi connectivity index (χ4n) is 2.14. The Bertz CT molecular complexity index is 919. The molecule has 3 rings (SSSR count). The summed E-state index contributed by atoms with van der Waals surface area (Å²) in [4.78, 5) is 4.24. The average Bonchev–Trinajstić information content (AvgIpc) is 3.06. The van der Waals surface area contributed by atoms with Crippen LogP contribution in [-0.2, 0) is 0 Å². The molecule has 0 bridgehead atoms. The van der Waals surface area contributed by atoms with E-state index in [0.717, 1.165) is 6.07 Å². The molecule has 0 atom stereocenters. The molecule has 0 fully saturated rings. The third-order valence-corrected chi connectivity index (χ3v) is 3.35. The van der Waals surface area contributed by atoms with Gasteiger partial charge in [-0.15, -0.1) is 10.2 Å². The molecule has 0 unspecified atom stereocenters. The molecule has 7 nitrogen and oxygen atoms in total. The molecule has 0 aliphatic rings. The maximum Gasteiger partial charge on any atom is 0.166 e. The molecular formula is C17H14FN5O2. The molecule has 0 aliphatic carbocycles. The van der Waals surface area contributed by atoms with Crippen LogP contribution in [0.1, 0.15) is 11.4 Å². The van der Waals surface area contributed by atoms with E-state index in [1.807, 2.05) is 13.0 Å². The van der Waals surface area contributed by atoms with Gasteiger partial charge in [-0.3, -0.25) is 4.57 Å². The molecule has 0 amide bonds. The Morgan fingerprint density at radius 1 is 1.20 bits per heavy atom. The topological polar surface area (TPSA) is 85.9 Å². The van der Waals surface area contributed by atoms with Crippen LogP contribution in [0.15, 0.2) is 42.9 Å². The minimum absolute atomic E-state index is 0.0816. The van der Waals surface area contributed by atoms with Gasteiger partial charge in [0.25, 0.3) is 0 Å². The SMILES string of the molecule is Cc1nncn1-c1cc(OCCOc2ccc(C#N)cc2F)ccn1. The first-order valence-electron chi connectivity index (χ1n) is 7.45. The molecule has 25 heavy (non-hydrogen) atoms. The van der Waals surface area contributed by atoms with Crippen LogP contribution in [0, 0.1) is 24.1 Å². The van der Waals surface area contributed by atoms with Crippen molar-refractivity contribution in [2.45, 2.75) is 6.92 Å². The van der Waals surface area contributed by atoms with E-state index in [2.05, 4.69) is 15.2 Å². The summed E-state index contributed by atoms with van der Waals surface area (Å²) in [5.41, 5.74) is 0.245. The van der Waals surface area contributed by atoms with E-state index >= 15 is 0 Å². The number of nitriles is 1. The average molecular weight is 339 g/mol. The van der Waals surface area contributed by atoms with Crippen LogP contribution in [0.4, 0.5) is 4.39 Å². The van der Waals surface area contributed by atoms with Crippen LogP contribution in [0.2, 0.25) is 0 Å².